The Bertz CT molecular complexity index is 522. The molecule has 0 aromatic carbocycles. The number of aryl methyl sites for hydroxylation is 2. The van der Waals surface area contributed by atoms with Crippen molar-refractivity contribution in [2.75, 3.05) is 6.54 Å². The van der Waals surface area contributed by atoms with E-state index < -0.39 is 10.0 Å². The molecule has 1 saturated heterocycles. The molecule has 1 aromatic rings. The van der Waals surface area contributed by atoms with Crippen LogP contribution in [0.3, 0.4) is 0 Å². The summed E-state index contributed by atoms with van der Waals surface area (Å²) in [6.45, 7) is 6.78. The van der Waals surface area contributed by atoms with Crippen molar-refractivity contribution in [3.63, 3.8) is 0 Å². The van der Waals surface area contributed by atoms with Gasteiger partial charge in [0.15, 0.2) is 0 Å². The van der Waals surface area contributed by atoms with Gasteiger partial charge in [0.25, 0.3) is 0 Å². The number of nitrogens with one attached hydrogen (secondary N) is 2. The predicted octanol–water partition coefficient (Wildman–Crippen LogP) is 1.78. The molecule has 0 radical (unpaired) electrons. The highest BCUT2D eigenvalue weighted by molar-refractivity contribution is 7.89. The second kappa shape index (κ2) is 5.28. The third kappa shape index (κ3) is 2.93. The van der Waals surface area contributed by atoms with Crippen LogP contribution in [0.5, 0.6) is 0 Å². The molecule has 1 aliphatic rings. The summed E-state index contributed by atoms with van der Waals surface area (Å²) in [6.07, 6.45) is 1.91. The Morgan fingerprint density at radius 1 is 1.44 bits per heavy atom. The second-order valence-corrected chi connectivity index (χ2v) is 8.03. The van der Waals surface area contributed by atoms with Gasteiger partial charge in [-0.15, -0.1) is 11.3 Å². The van der Waals surface area contributed by atoms with Crippen LogP contribution in [-0.4, -0.2) is 27.0 Å². The molecular weight excluding hydrogens is 268 g/mol. The Hall–Kier alpha value is -0.430. The Morgan fingerprint density at radius 3 is 2.72 bits per heavy atom. The normalized spacial score (nSPS) is 25.3. The summed E-state index contributed by atoms with van der Waals surface area (Å²) in [5, 5.41) is 3.30. The van der Waals surface area contributed by atoms with Gasteiger partial charge in [-0.05, 0) is 46.2 Å². The molecule has 4 nitrogen and oxygen atoms in total. The van der Waals surface area contributed by atoms with E-state index >= 15 is 0 Å². The summed E-state index contributed by atoms with van der Waals surface area (Å²) in [7, 11) is -3.38. The van der Waals surface area contributed by atoms with Gasteiger partial charge in [-0.1, -0.05) is 0 Å². The van der Waals surface area contributed by atoms with Crippen LogP contribution in [0.1, 0.15) is 29.5 Å². The molecular formula is C12H20N2O2S2. The fourth-order valence-electron chi connectivity index (χ4n) is 2.34. The third-order valence-corrected chi connectivity index (χ3v) is 6.06. The van der Waals surface area contributed by atoms with Crippen molar-refractivity contribution < 1.29 is 8.42 Å². The molecule has 1 aromatic heterocycles. The Balaban J connectivity index is 2.19. The van der Waals surface area contributed by atoms with E-state index in [2.05, 4.69) is 10.0 Å². The standard InChI is InChI=1S/C12H20N2O2S2/c1-8-7-12(10(3)17-8)18(15,16)14-11-5-4-6-13-9(11)2/h7,9,11,13-14H,4-6H2,1-3H3. The number of rotatable bonds is 3. The fourth-order valence-corrected chi connectivity index (χ4v) is 5.25. The molecule has 2 atom stereocenters. The van der Waals surface area contributed by atoms with E-state index in [9.17, 15) is 8.42 Å². The van der Waals surface area contributed by atoms with Crippen molar-refractivity contribution in [3.05, 3.63) is 15.8 Å². The number of thiophene rings is 1. The number of sulfonamides is 1. The molecule has 6 heteroatoms. The van der Waals surface area contributed by atoms with Gasteiger partial charge in [0.2, 0.25) is 10.0 Å². The first-order valence-corrected chi connectivity index (χ1v) is 8.53. The topological polar surface area (TPSA) is 58.2 Å². The predicted molar refractivity (Wildman–Crippen MR) is 74.6 cm³/mol. The minimum absolute atomic E-state index is 0.0108. The quantitative estimate of drug-likeness (QED) is 0.891. The maximum atomic E-state index is 12.3. The number of piperidine rings is 1. The highest BCUT2D eigenvalue weighted by atomic mass is 32.2. The zero-order valence-electron chi connectivity index (χ0n) is 11.0. The summed E-state index contributed by atoms with van der Waals surface area (Å²) >= 11 is 1.52. The van der Waals surface area contributed by atoms with E-state index in [0.717, 1.165) is 29.1 Å². The lowest BCUT2D eigenvalue weighted by molar-refractivity contribution is 0.349. The van der Waals surface area contributed by atoms with Crippen molar-refractivity contribution in [3.8, 4) is 0 Å². The SMILES string of the molecule is Cc1cc(S(=O)(=O)NC2CCCNC2C)c(C)s1. The smallest absolute Gasteiger partial charge is 0.241 e. The summed E-state index contributed by atoms with van der Waals surface area (Å²) in [5.74, 6) is 0. The van der Waals surface area contributed by atoms with Crippen molar-refractivity contribution in [1.82, 2.24) is 10.0 Å². The molecule has 2 N–H and O–H groups in total. The summed E-state index contributed by atoms with van der Waals surface area (Å²) in [6, 6.07) is 1.93. The molecule has 0 spiro atoms. The molecule has 1 aliphatic heterocycles. The zero-order valence-corrected chi connectivity index (χ0v) is 12.6. The molecule has 102 valence electrons. The molecule has 2 unspecified atom stereocenters. The van der Waals surface area contributed by atoms with E-state index in [-0.39, 0.29) is 12.1 Å². The van der Waals surface area contributed by atoms with Gasteiger partial charge < -0.3 is 5.32 Å². The molecule has 1 fully saturated rings. The maximum absolute atomic E-state index is 12.3. The van der Waals surface area contributed by atoms with Crippen LogP contribution in [0.4, 0.5) is 0 Å². The molecule has 0 amide bonds. The lowest BCUT2D eigenvalue weighted by Gasteiger charge is -2.30. The molecule has 2 heterocycles. The minimum Gasteiger partial charge on any atom is -0.313 e. The average molecular weight is 288 g/mol. The number of hydrogen-bond donors (Lipinski definition) is 2. The first-order valence-electron chi connectivity index (χ1n) is 6.23. The van der Waals surface area contributed by atoms with E-state index in [1.54, 1.807) is 6.07 Å². The lowest BCUT2D eigenvalue weighted by atomic mass is 10.0. The highest BCUT2D eigenvalue weighted by Gasteiger charge is 2.28. The van der Waals surface area contributed by atoms with Crippen LogP contribution in [0.15, 0.2) is 11.0 Å². The molecule has 0 bridgehead atoms. The summed E-state index contributed by atoms with van der Waals surface area (Å²) in [4.78, 5) is 2.32. The summed E-state index contributed by atoms with van der Waals surface area (Å²) < 4.78 is 27.5. The fraction of sp³-hybridized carbons (Fsp3) is 0.667. The van der Waals surface area contributed by atoms with Crippen LogP contribution in [0, 0.1) is 13.8 Å². The monoisotopic (exact) mass is 288 g/mol. The first-order chi connectivity index (χ1) is 8.40. The van der Waals surface area contributed by atoms with Crippen molar-refractivity contribution in [2.24, 2.45) is 0 Å². The van der Waals surface area contributed by atoms with E-state index in [1.165, 1.54) is 11.3 Å². The maximum Gasteiger partial charge on any atom is 0.241 e. The van der Waals surface area contributed by atoms with Crippen LogP contribution >= 0.6 is 11.3 Å². The second-order valence-electron chi connectivity index (χ2n) is 4.89. The van der Waals surface area contributed by atoms with Crippen LogP contribution in [0.2, 0.25) is 0 Å². The van der Waals surface area contributed by atoms with Gasteiger partial charge in [-0.2, -0.15) is 0 Å². The van der Waals surface area contributed by atoms with Crippen LogP contribution in [0.25, 0.3) is 0 Å². The molecule has 0 saturated carbocycles. The Kier molecular flexibility index (Phi) is 4.11. The molecule has 0 aliphatic carbocycles. The van der Waals surface area contributed by atoms with Gasteiger partial charge >= 0.3 is 0 Å². The van der Waals surface area contributed by atoms with Crippen molar-refractivity contribution >= 4 is 21.4 Å². The van der Waals surface area contributed by atoms with Gasteiger partial charge in [0.1, 0.15) is 0 Å². The lowest BCUT2D eigenvalue weighted by Crippen LogP contribution is -2.51. The van der Waals surface area contributed by atoms with E-state index in [0.29, 0.717) is 4.90 Å². The van der Waals surface area contributed by atoms with E-state index in [1.807, 2.05) is 20.8 Å². The summed E-state index contributed by atoms with van der Waals surface area (Å²) in [5.41, 5.74) is 0. The van der Waals surface area contributed by atoms with Gasteiger partial charge in [0, 0.05) is 21.8 Å². The highest BCUT2D eigenvalue weighted by Crippen LogP contribution is 2.25. The van der Waals surface area contributed by atoms with Crippen LogP contribution in [-0.2, 0) is 10.0 Å². The van der Waals surface area contributed by atoms with Crippen molar-refractivity contribution in [2.45, 2.75) is 50.6 Å². The van der Waals surface area contributed by atoms with Gasteiger partial charge in [-0.3, -0.25) is 0 Å². The minimum atomic E-state index is -3.38. The van der Waals surface area contributed by atoms with Gasteiger partial charge in [0.05, 0.1) is 4.90 Å². The average Bonchev–Trinajstić information content (AvgIpc) is 2.62. The first kappa shape index (κ1) is 14.0. The zero-order chi connectivity index (χ0) is 13.3. The Morgan fingerprint density at radius 2 is 2.17 bits per heavy atom. The van der Waals surface area contributed by atoms with Crippen molar-refractivity contribution in [1.29, 1.82) is 0 Å². The molecule has 18 heavy (non-hydrogen) atoms. The van der Waals surface area contributed by atoms with E-state index in [4.69, 9.17) is 0 Å². The largest absolute Gasteiger partial charge is 0.313 e. The number of hydrogen-bond acceptors (Lipinski definition) is 4. The Labute approximate surface area is 113 Å². The van der Waals surface area contributed by atoms with Crippen LogP contribution < -0.4 is 10.0 Å². The van der Waals surface area contributed by atoms with Gasteiger partial charge in [-0.25, -0.2) is 13.1 Å². The molecule has 2 rings (SSSR count). The third-order valence-electron chi connectivity index (χ3n) is 3.35.